The lowest BCUT2D eigenvalue weighted by Crippen LogP contribution is -2.31. The molecule has 100 valence electrons. The molecular formula is C14H21NO3. The Morgan fingerprint density at radius 3 is 2.56 bits per heavy atom. The van der Waals surface area contributed by atoms with Crippen LogP contribution in [0.15, 0.2) is 24.3 Å². The second kappa shape index (κ2) is 7.71. The van der Waals surface area contributed by atoms with Crippen LogP contribution in [0.4, 0.5) is 0 Å². The van der Waals surface area contributed by atoms with E-state index in [2.05, 4.69) is 5.32 Å². The lowest BCUT2D eigenvalue weighted by molar-refractivity contribution is 0.0910. The van der Waals surface area contributed by atoms with Crippen molar-refractivity contribution in [2.75, 3.05) is 13.2 Å². The second-order valence-electron chi connectivity index (χ2n) is 4.11. The van der Waals surface area contributed by atoms with Crippen LogP contribution in [0.1, 0.15) is 37.0 Å². The van der Waals surface area contributed by atoms with Crippen molar-refractivity contribution < 1.29 is 14.6 Å². The summed E-state index contributed by atoms with van der Waals surface area (Å²) >= 11 is 0. The molecule has 0 aromatic heterocycles. The number of aliphatic hydroxyl groups excluding tert-OH is 1. The maximum Gasteiger partial charge on any atom is 0.251 e. The Morgan fingerprint density at radius 2 is 2.00 bits per heavy atom. The van der Waals surface area contributed by atoms with Crippen LogP contribution in [0, 0.1) is 0 Å². The molecule has 1 unspecified atom stereocenters. The van der Waals surface area contributed by atoms with Gasteiger partial charge in [0.05, 0.1) is 12.7 Å². The molecule has 0 heterocycles. The summed E-state index contributed by atoms with van der Waals surface area (Å²) in [5.74, 6) is 0.577. The fourth-order valence-corrected chi connectivity index (χ4v) is 1.62. The van der Waals surface area contributed by atoms with Gasteiger partial charge in [0.1, 0.15) is 5.75 Å². The van der Waals surface area contributed by atoms with Crippen LogP contribution in [-0.2, 0) is 0 Å². The molecule has 4 heteroatoms. The monoisotopic (exact) mass is 251 g/mol. The highest BCUT2D eigenvalue weighted by Crippen LogP contribution is 2.11. The third kappa shape index (κ3) is 4.75. The molecule has 18 heavy (non-hydrogen) atoms. The number of nitrogens with one attached hydrogen (secondary N) is 1. The number of aliphatic hydroxyl groups is 1. The Kier molecular flexibility index (Phi) is 6.22. The van der Waals surface area contributed by atoms with Gasteiger partial charge in [0, 0.05) is 12.1 Å². The van der Waals surface area contributed by atoms with E-state index in [1.54, 1.807) is 24.3 Å². The van der Waals surface area contributed by atoms with Gasteiger partial charge < -0.3 is 15.2 Å². The number of hydrogen-bond donors (Lipinski definition) is 2. The van der Waals surface area contributed by atoms with Crippen LogP contribution in [0.5, 0.6) is 5.75 Å². The SMILES string of the molecule is CCCC(O)CNC(=O)c1ccc(OCC)cc1. The first kappa shape index (κ1) is 14.5. The van der Waals surface area contributed by atoms with Crippen molar-refractivity contribution in [2.45, 2.75) is 32.8 Å². The molecule has 1 atom stereocenters. The third-order valence-corrected chi connectivity index (χ3v) is 2.55. The van der Waals surface area contributed by atoms with Crippen LogP contribution >= 0.6 is 0 Å². The fraction of sp³-hybridized carbons (Fsp3) is 0.500. The standard InChI is InChI=1S/C14H21NO3/c1-3-5-12(16)10-15-14(17)11-6-8-13(9-7-11)18-4-2/h6-9,12,16H,3-5,10H2,1-2H3,(H,15,17). The first-order valence-electron chi connectivity index (χ1n) is 6.36. The van der Waals surface area contributed by atoms with Crippen LogP contribution < -0.4 is 10.1 Å². The molecule has 0 saturated heterocycles. The van der Waals surface area contributed by atoms with E-state index in [4.69, 9.17) is 4.74 Å². The molecule has 0 aliphatic carbocycles. The molecule has 0 spiro atoms. The highest BCUT2D eigenvalue weighted by atomic mass is 16.5. The summed E-state index contributed by atoms with van der Waals surface area (Å²) in [6.45, 7) is 4.81. The van der Waals surface area contributed by atoms with E-state index in [9.17, 15) is 9.90 Å². The zero-order valence-electron chi connectivity index (χ0n) is 11.0. The second-order valence-corrected chi connectivity index (χ2v) is 4.11. The Morgan fingerprint density at radius 1 is 1.33 bits per heavy atom. The van der Waals surface area contributed by atoms with E-state index < -0.39 is 6.10 Å². The molecule has 4 nitrogen and oxygen atoms in total. The van der Waals surface area contributed by atoms with Gasteiger partial charge in [-0.1, -0.05) is 13.3 Å². The summed E-state index contributed by atoms with van der Waals surface area (Å²) in [7, 11) is 0. The van der Waals surface area contributed by atoms with E-state index in [0.29, 0.717) is 25.1 Å². The highest BCUT2D eigenvalue weighted by Gasteiger charge is 2.08. The molecule has 0 fully saturated rings. The molecule has 0 aliphatic rings. The summed E-state index contributed by atoms with van der Waals surface area (Å²) in [4.78, 5) is 11.8. The molecule has 1 rings (SSSR count). The Balaban J connectivity index is 2.46. The molecule has 0 radical (unpaired) electrons. The molecule has 0 aliphatic heterocycles. The Hall–Kier alpha value is -1.55. The van der Waals surface area contributed by atoms with Crippen molar-refractivity contribution in [1.82, 2.24) is 5.32 Å². The quantitative estimate of drug-likeness (QED) is 0.779. The minimum atomic E-state index is -0.471. The molecule has 2 N–H and O–H groups in total. The number of carbonyl (C=O) groups excluding carboxylic acids is 1. The van der Waals surface area contributed by atoms with E-state index in [1.165, 1.54) is 0 Å². The molecule has 1 aromatic carbocycles. The Labute approximate surface area is 108 Å². The number of rotatable bonds is 7. The topological polar surface area (TPSA) is 58.6 Å². The van der Waals surface area contributed by atoms with E-state index in [1.807, 2.05) is 13.8 Å². The number of hydrogen-bond acceptors (Lipinski definition) is 3. The predicted molar refractivity (Wildman–Crippen MR) is 70.9 cm³/mol. The van der Waals surface area contributed by atoms with Crippen molar-refractivity contribution in [3.63, 3.8) is 0 Å². The van der Waals surface area contributed by atoms with Crippen LogP contribution in [0.2, 0.25) is 0 Å². The van der Waals surface area contributed by atoms with E-state index >= 15 is 0 Å². The van der Waals surface area contributed by atoms with Gasteiger partial charge in [-0.3, -0.25) is 4.79 Å². The molecule has 1 aromatic rings. The molecule has 1 amide bonds. The average Bonchev–Trinajstić information content (AvgIpc) is 2.37. The summed E-state index contributed by atoms with van der Waals surface area (Å²) in [5.41, 5.74) is 0.571. The lowest BCUT2D eigenvalue weighted by Gasteiger charge is -2.11. The summed E-state index contributed by atoms with van der Waals surface area (Å²) in [6.07, 6.45) is 1.13. The van der Waals surface area contributed by atoms with Crippen molar-refractivity contribution in [1.29, 1.82) is 0 Å². The van der Waals surface area contributed by atoms with Gasteiger partial charge >= 0.3 is 0 Å². The number of carbonyl (C=O) groups is 1. The predicted octanol–water partition coefficient (Wildman–Crippen LogP) is 1.98. The molecule has 0 bridgehead atoms. The van der Waals surface area contributed by atoms with Crippen molar-refractivity contribution in [3.8, 4) is 5.75 Å². The van der Waals surface area contributed by atoms with Gasteiger partial charge in [-0.05, 0) is 37.6 Å². The lowest BCUT2D eigenvalue weighted by atomic mass is 10.2. The fourth-order valence-electron chi connectivity index (χ4n) is 1.62. The molecular weight excluding hydrogens is 230 g/mol. The zero-order valence-corrected chi connectivity index (χ0v) is 11.0. The van der Waals surface area contributed by atoms with Gasteiger partial charge in [0.15, 0.2) is 0 Å². The van der Waals surface area contributed by atoms with Crippen LogP contribution in [0.25, 0.3) is 0 Å². The van der Waals surface area contributed by atoms with Crippen LogP contribution in [0.3, 0.4) is 0 Å². The number of amides is 1. The minimum Gasteiger partial charge on any atom is -0.494 e. The minimum absolute atomic E-state index is 0.173. The number of benzene rings is 1. The van der Waals surface area contributed by atoms with Gasteiger partial charge in [-0.15, -0.1) is 0 Å². The molecule has 0 saturated carbocycles. The van der Waals surface area contributed by atoms with Gasteiger partial charge in [0.2, 0.25) is 0 Å². The normalized spacial score (nSPS) is 11.9. The largest absolute Gasteiger partial charge is 0.494 e. The highest BCUT2D eigenvalue weighted by molar-refractivity contribution is 5.94. The van der Waals surface area contributed by atoms with Crippen molar-refractivity contribution >= 4 is 5.91 Å². The summed E-state index contributed by atoms with van der Waals surface area (Å²) in [6, 6.07) is 6.96. The smallest absolute Gasteiger partial charge is 0.251 e. The zero-order chi connectivity index (χ0) is 13.4. The van der Waals surface area contributed by atoms with Crippen molar-refractivity contribution in [2.24, 2.45) is 0 Å². The van der Waals surface area contributed by atoms with Crippen molar-refractivity contribution in [3.05, 3.63) is 29.8 Å². The summed E-state index contributed by atoms with van der Waals surface area (Å²) in [5, 5.41) is 12.2. The van der Waals surface area contributed by atoms with Gasteiger partial charge in [0.25, 0.3) is 5.91 Å². The van der Waals surface area contributed by atoms with E-state index in [-0.39, 0.29) is 5.91 Å². The maximum atomic E-state index is 11.8. The van der Waals surface area contributed by atoms with Crippen LogP contribution in [-0.4, -0.2) is 30.3 Å². The first-order valence-corrected chi connectivity index (χ1v) is 6.36. The Bertz CT molecular complexity index is 362. The summed E-state index contributed by atoms with van der Waals surface area (Å²) < 4.78 is 5.30. The number of ether oxygens (including phenoxy) is 1. The average molecular weight is 251 g/mol. The first-order chi connectivity index (χ1) is 8.67. The van der Waals surface area contributed by atoms with Gasteiger partial charge in [-0.25, -0.2) is 0 Å². The maximum absolute atomic E-state index is 11.8. The van der Waals surface area contributed by atoms with E-state index in [0.717, 1.165) is 12.2 Å². The van der Waals surface area contributed by atoms with Gasteiger partial charge in [-0.2, -0.15) is 0 Å². The third-order valence-electron chi connectivity index (χ3n) is 2.55.